The van der Waals surface area contributed by atoms with Crippen molar-refractivity contribution in [2.45, 2.75) is 13.5 Å². The number of nitrogens with one attached hydrogen (secondary N) is 2. The molecule has 0 saturated heterocycles. The predicted octanol–water partition coefficient (Wildman–Crippen LogP) is 3.46. The zero-order valence-electron chi connectivity index (χ0n) is 15.8. The van der Waals surface area contributed by atoms with E-state index in [2.05, 4.69) is 5.32 Å². The molecule has 144 valence electrons. The Bertz CT molecular complexity index is 962. The summed E-state index contributed by atoms with van der Waals surface area (Å²) in [4.78, 5) is 24.5. The van der Waals surface area contributed by atoms with E-state index in [4.69, 9.17) is 16.0 Å². The number of hydrogen-bond acceptors (Lipinski definition) is 3. The van der Waals surface area contributed by atoms with Gasteiger partial charge in [0.1, 0.15) is 12.3 Å². The summed E-state index contributed by atoms with van der Waals surface area (Å²) >= 11 is 5.91. The van der Waals surface area contributed by atoms with Crippen LogP contribution < -0.4 is 10.2 Å². The number of carbonyl (C=O) groups is 2. The summed E-state index contributed by atoms with van der Waals surface area (Å²) < 4.78 is 5.89. The summed E-state index contributed by atoms with van der Waals surface area (Å²) in [5.41, 5.74) is 2.25. The summed E-state index contributed by atoms with van der Waals surface area (Å²) in [6.45, 7) is 2.40. The average molecular weight is 398 g/mol. The highest BCUT2D eigenvalue weighted by molar-refractivity contribution is 6.30. The number of carbonyl (C=O) groups excluding carboxylic acids is 2. The van der Waals surface area contributed by atoms with Crippen LogP contribution in [0.15, 0.2) is 65.1 Å². The maximum atomic E-state index is 12.2. The second kappa shape index (κ2) is 8.87. The average Bonchev–Trinajstić information content (AvgIpc) is 3.10. The largest absolute Gasteiger partial charge is 0.455 e. The van der Waals surface area contributed by atoms with Gasteiger partial charge in [-0.1, -0.05) is 11.6 Å². The van der Waals surface area contributed by atoms with Crippen molar-refractivity contribution in [2.75, 3.05) is 18.9 Å². The summed E-state index contributed by atoms with van der Waals surface area (Å²) in [5, 5.41) is 3.53. The normalized spacial score (nSPS) is 11.8. The van der Waals surface area contributed by atoms with Crippen molar-refractivity contribution < 1.29 is 18.9 Å². The van der Waals surface area contributed by atoms with Crippen molar-refractivity contribution in [1.82, 2.24) is 0 Å². The molecule has 0 bridgehead atoms. The Labute approximate surface area is 168 Å². The van der Waals surface area contributed by atoms with Crippen molar-refractivity contribution >= 4 is 29.0 Å². The van der Waals surface area contributed by atoms with Crippen LogP contribution in [-0.2, 0) is 11.3 Å². The Morgan fingerprint density at radius 1 is 1.00 bits per heavy atom. The van der Waals surface area contributed by atoms with Gasteiger partial charge in [0.2, 0.25) is 0 Å². The zero-order valence-corrected chi connectivity index (χ0v) is 16.5. The minimum absolute atomic E-state index is 0.00142. The summed E-state index contributed by atoms with van der Waals surface area (Å²) in [6, 6.07) is 18.2. The van der Waals surface area contributed by atoms with Crippen LogP contribution in [-0.4, -0.2) is 25.3 Å². The second-order valence-corrected chi connectivity index (χ2v) is 7.20. The van der Waals surface area contributed by atoms with Gasteiger partial charge in [-0.05, 0) is 67.6 Å². The van der Waals surface area contributed by atoms with E-state index in [1.807, 2.05) is 43.4 Å². The minimum atomic E-state index is -0.0995. The molecule has 0 aliphatic carbocycles. The van der Waals surface area contributed by atoms with E-state index in [1.165, 1.54) is 6.92 Å². The van der Waals surface area contributed by atoms with E-state index in [1.54, 1.807) is 24.3 Å². The lowest BCUT2D eigenvalue weighted by molar-refractivity contribution is -0.886. The van der Waals surface area contributed by atoms with Crippen molar-refractivity contribution in [1.29, 1.82) is 0 Å². The lowest BCUT2D eigenvalue weighted by Crippen LogP contribution is -3.08. The number of likely N-dealkylation sites (N-methyl/N-ethyl adjacent to an activating group) is 1. The van der Waals surface area contributed by atoms with Gasteiger partial charge >= 0.3 is 0 Å². The lowest BCUT2D eigenvalue weighted by atomic mass is 10.1. The summed E-state index contributed by atoms with van der Waals surface area (Å²) in [5.74, 6) is 1.48. The van der Waals surface area contributed by atoms with Crippen molar-refractivity contribution in [3.63, 3.8) is 0 Å². The summed E-state index contributed by atoms with van der Waals surface area (Å²) in [7, 11) is 1.93. The van der Waals surface area contributed by atoms with Crippen molar-refractivity contribution in [3.8, 4) is 11.3 Å². The van der Waals surface area contributed by atoms with Gasteiger partial charge < -0.3 is 14.6 Å². The Morgan fingerprint density at radius 2 is 1.68 bits per heavy atom. The highest BCUT2D eigenvalue weighted by atomic mass is 35.5. The molecule has 0 spiro atoms. The molecule has 5 nitrogen and oxygen atoms in total. The SMILES string of the molecule is CC(=O)c1ccc(NC(=O)C[NH+](C)Cc2ccc(-c3ccc(Cl)cc3)o2)cc1. The fourth-order valence-corrected chi connectivity index (χ4v) is 3.00. The third-order valence-electron chi connectivity index (χ3n) is 4.30. The predicted molar refractivity (Wildman–Crippen MR) is 110 cm³/mol. The molecule has 2 N–H and O–H groups in total. The van der Waals surface area contributed by atoms with Gasteiger partial charge in [-0.2, -0.15) is 0 Å². The topological polar surface area (TPSA) is 63.8 Å². The molecule has 3 aromatic rings. The van der Waals surface area contributed by atoms with Crippen LogP contribution in [0.25, 0.3) is 11.3 Å². The number of anilines is 1. The Morgan fingerprint density at radius 3 is 2.32 bits per heavy atom. The first kappa shape index (κ1) is 19.9. The second-order valence-electron chi connectivity index (χ2n) is 6.77. The Kier molecular flexibility index (Phi) is 6.29. The number of furan rings is 1. The van der Waals surface area contributed by atoms with Crippen LogP contribution in [0.5, 0.6) is 0 Å². The van der Waals surface area contributed by atoms with Crippen LogP contribution in [0, 0.1) is 0 Å². The molecule has 1 atom stereocenters. The molecule has 28 heavy (non-hydrogen) atoms. The monoisotopic (exact) mass is 397 g/mol. The van der Waals surface area contributed by atoms with Gasteiger partial charge in [-0.25, -0.2) is 0 Å². The van der Waals surface area contributed by atoms with E-state index >= 15 is 0 Å². The first-order valence-electron chi connectivity index (χ1n) is 8.97. The molecule has 0 aliphatic heterocycles. The molecule has 2 aromatic carbocycles. The lowest BCUT2D eigenvalue weighted by Gasteiger charge is -2.12. The maximum absolute atomic E-state index is 12.2. The Hall–Kier alpha value is -2.89. The minimum Gasteiger partial charge on any atom is -0.455 e. The number of ketones is 1. The van der Waals surface area contributed by atoms with Gasteiger partial charge in [0.15, 0.2) is 18.1 Å². The fraction of sp³-hybridized carbons (Fsp3) is 0.182. The molecule has 6 heteroatoms. The van der Waals surface area contributed by atoms with Gasteiger partial charge in [-0.3, -0.25) is 9.59 Å². The first-order valence-corrected chi connectivity index (χ1v) is 9.35. The van der Waals surface area contributed by atoms with Gasteiger partial charge in [0.25, 0.3) is 5.91 Å². The molecule has 1 unspecified atom stereocenters. The molecule has 1 amide bonds. The summed E-state index contributed by atoms with van der Waals surface area (Å²) in [6.07, 6.45) is 0. The molecule has 1 aromatic heterocycles. The van der Waals surface area contributed by atoms with Crippen LogP contribution in [0.4, 0.5) is 5.69 Å². The van der Waals surface area contributed by atoms with E-state index in [-0.39, 0.29) is 11.7 Å². The Balaban J connectivity index is 1.53. The highest BCUT2D eigenvalue weighted by Gasteiger charge is 2.14. The van der Waals surface area contributed by atoms with E-state index in [0.717, 1.165) is 22.0 Å². The van der Waals surface area contributed by atoms with Crippen LogP contribution >= 0.6 is 11.6 Å². The van der Waals surface area contributed by atoms with E-state index in [9.17, 15) is 9.59 Å². The number of halogens is 1. The third-order valence-corrected chi connectivity index (χ3v) is 4.56. The maximum Gasteiger partial charge on any atom is 0.279 e. The number of hydrogen-bond donors (Lipinski definition) is 2. The zero-order chi connectivity index (χ0) is 20.1. The molecule has 0 radical (unpaired) electrons. The van der Waals surface area contributed by atoms with Crippen molar-refractivity contribution in [3.05, 3.63) is 77.0 Å². The number of Topliss-reactive ketones (excluding diaryl/α,β-unsaturated/α-hetero) is 1. The van der Waals surface area contributed by atoms with E-state index < -0.39 is 0 Å². The van der Waals surface area contributed by atoms with Crippen LogP contribution in [0.2, 0.25) is 5.02 Å². The van der Waals surface area contributed by atoms with Crippen LogP contribution in [0.3, 0.4) is 0 Å². The van der Waals surface area contributed by atoms with Crippen LogP contribution in [0.1, 0.15) is 23.0 Å². The fourth-order valence-electron chi connectivity index (χ4n) is 2.87. The highest BCUT2D eigenvalue weighted by Crippen LogP contribution is 2.23. The van der Waals surface area contributed by atoms with Gasteiger partial charge in [0, 0.05) is 21.8 Å². The standard InChI is InChI=1S/C22H21ClN2O3/c1-15(26)16-5-9-19(10-6-16)24-22(27)14-25(2)13-20-11-12-21(28-20)17-3-7-18(23)8-4-17/h3-12H,13-14H2,1-2H3,(H,24,27)/p+1. The molecular formula is C22H22ClN2O3+. The molecule has 0 aliphatic rings. The molecular weight excluding hydrogens is 376 g/mol. The quantitative estimate of drug-likeness (QED) is 0.600. The number of amides is 1. The molecule has 0 saturated carbocycles. The number of rotatable bonds is 7. The third kappa shape index (κ3) is 5.31. The number of benzene rings is 2. The molecule has 0 fully saturated rings. The van der Waals surface area contributed by atoms with Gasteiger partial charge in [-0.15, -0.1) is 0 Å². The van der Waals surface area contributed by atoms with E-state index in [0.29, 0.717) is 29.4 Å². The van der Waals surface area contributed by atoms with Crippen molar-refractivity contribution in [2.24, 2.45) is 0 Å². The smallest absolute Gasteiger partial charge is 0.279 e. The van der Waals surface area contributed by atoms with Gasteiger partial charge in [0.05, 0.1) is 7.05 Å². The first-order chi connectivity index (χ1) is 13.4. The molecule has 3 rings (SSSR count). The number of quaternary nitrogens is 1. The molecule has 1 heterocycles.